The lowest BCUT2D eigenvalue weighted by Gasteiger charge is -2.19. The second-order valence-corrected chi connectivity index (χ2v) is 4.57. The van der Waals surface area contributed by atoms with E-state index in [-0.39, 0.29) is 6.04 Å². The number of methoxy groups -OCH3 is 1. The van der Waals surface area contributed by atoms with E-state index in [4.69, 9.17) is 10.5 Å². The van der Waals surface area contributed by atoms with Gasteiger partial charge in [-0.3, -0.25) is 0 Å². The molecule has 0 aliphatic heterocycles. The van der Waals surface area contributed by atoms with Crippen molar-refractivity contribution < 1.29 is 4.74 Å². The van der Waals surface area contributed by atoms with Crippen LogP contribution in [0.4, 0.5) is 5.69 Å². The molecule has 0 aromatic heterocycles. The van der Waals surface area contributed by atoms with Gasteiger partial charge in [0.1, 0.15) is 5.75 Å². The van der Waals surface area contributed by atoms with Gasteiger partial charge >= 0.3 is 0 Å². The Morgan fingerprint density at radius 2 is 1.68 bits per heavy atom. The minimum absolute atomic E-state index is 0.119. The van der Waals surface area contributed by atoms with Crippen LogP contribution in [0.2, 0.25) is 0 Å². The van der Waals surface area contributed by atoms with E-state index in [0.717, 1.165) is 11.4 Å². The summed E-state index contributed by atoms with van der Waals surface area (Å²) < 4.78 is 5.15. The molecular weight excluding hydrogens is 236 g/mol. The summed E-state index contributed by atoms with van der Waals surface area (Å²) in [7, 11) is 1.66. The Kier molecular flexibility index (Phi) is 4.42. The van der Waals surface area contributed by atoms with Crippen molar-refractivity contribution in [1.82, 2.24) is 0 Å². The van der Waals surface area contributed by atoms with E-state index >= 15 is 0 Å². The van der Waals surface area contributed by atoms with E-state index < -0.39 is 0 Å². The zero-order valence-electron chi connectivity index (χ0n) is 11.4. The van der Waals surface area contributed by atoms with Crippen LogP contribution in [-0.2, 0) is 0 Å². The maximum atomic E-state index is 5.86. The molecule has 0 heterocycles. The Hall–Kier alpha value is -2.00. The van der Waals surface area contributed by atoms with Crippen LogP contribution in [0.25, 0.3) is 0 Å². The van der Waals surface area contributed by atoms with Gasteiger partial charge in [-0.1, -0.05) is 29.8 Å². The Balaban J connectivity index is 2.11. The second kappa shape index (κ2) is 6.25. The predicted octanol–water partition coefficient (Wildman–Crippen LogP) is 3.12. The van der Waals surface area contributed by atoms with Gasteiger partial charge in [0.2, 0.25) is 0 Å². The van der Waals surface area contributed by atoms with Crippen molar-refractivity contribution in [3.05, 3.63) is 59.7 Å². The lowest BCUT2D eigenvalue weighted by Crippen LogP contribution is -2.20. The van der Waals surface area contributed by atoms with E-state index in [0.29, 0.717) is 6.54 Å². The maximum Gasteiger partial charge on any atom is 0.119 e. The molecule has 0 amide bonds. The Morgan fingerprint density at radius 3 is 2.21 bits per heavy atom. The zero-order chi connectivity index (χ0) is 13.7. The number of benzene rings is 2. The summed E-state index contributed by atoms with van der Waals surface area (Å²) in [6.07, 6.45) is 0. The molecule has 1 atom stereocenters. The first-order chi connectivity index (χ1) is 9.22. The van der Waals surface area contributed by atoms with Crippen LogP contribution in [0.3, 0.4) is 0 Å². The highest BCUT2D eigenvalue weighted by atomic mass is 16.5. The van der Waals surface area contributed by atoms with E-state index in [2.05, 4.69) is 36.5 Å². The first-order valence-electron chi connectivity index (χ1n) is 6.40. The normalized spacial score (nSPS) is 11.9. The third-order valence-electron chi connectivity index (χ3n) is 3.15. The molecule has 19 heavy (non-hydrogen) atoms. The fourth-order valence-corrected chi connectivity index (χ4v) is 1.97. The van der Waals surface area contributed by atoms with Gasteiger partial charge in [-0.05, 0) is 36.8 Å². The Morgan fingerprint density at radius 1 is 1.05 bits per heavy atom. The average Bonchev–Trinajstić information content (AvgIpc) is 2.46. The molecule has 0 fully saturated rings. The van der Waals surface area contributed by atoms with Crippen molar-refractivity contribution in [2.24, 2.45) is 5.73 Å². The van der Waals surface area contributed by atoms with Crippen LogP contribution in [0.1, 0.15) is 17.2 Å². The fraction of sp³-hybridized carbons (Fsp3) is 0.250. The molecule has 100 valence electrons. The van der Waals surface area contributed by atoms with E-state index in [1.807, 2.05) is 24.3 Å². The summed E-state index contributed by atoms with van der Waals surface area (Å²) in [4.78, 5) is 0. The Labute approximate surface area is 114 Å². The highest BCUT2D eigenvalue weighted by Crippen LogP contribution is 2.21. The lowest BCUT2D eigenvalue weighted by molar-refractivity contribution is 0.415. The number of aryl methyl sites for hydroxylation is 1. The van der Waals surface area contributed by atoms with Gasteiger partial charge in [0, 0.05) is 12.2 Å². The molecule has 1 unspecified atom stereocenters. The van der Waals surface area contributed by atoms with Crippen molar-refractivity contribution in [2.45, 2.75) is 13.0 Å². The number of ether oxygens (including phenoxy) is 1. The van der Waals surface area contributed by atoms with Gasteiger partial charge in [-0.2, -0.15) is 0 Å². The number of hydrogen-bond donors (Lipinski definition) is 2. The van der Waals surface area contributed by atoms with Gasteiger partial charge in [0.15, 0.2) is 0 Å². The molecule has 3 nitrogen and oxygen atoms in total. The molecule has 0 saturated heterocycles. The first kappa shape index (κ1) is 13.4. The molecule has 2 aromatic carbocycles. The summed E-state index contributed by atoms with van der Waals surface area (Å²) in [5.74, 6) is 0.852. The number of nitrogens with one attached hydrogen (secondary N) is 1. The molecule has 3 N–H and O–H groups in total. The van der Waals surface area contributed by atoms with Gasteiger partial charge in [-0.25, -0.2) is 0 Å². The van der Waals surface area contributed by atoms with Crippen molar-refractivity contribution in [2.75, 3.05) is 19.0 Å². The van der Waals surface area contributed by atoms with Crippen LogP contribution in [0.15, 0.2) is 48.5 Å². The quantitative estimate of drug-likeness (QED) is 0.864. The third-order valence-corrected chi connectivity index (χ3v) is 3.15. The van der Waals surface area contributed by atoms with Crippen molar-refractivity contribution in [1.29, 1.82) is 0 Å². The third kappa shape index (κ3) is 3.48. The largest absolute Gasteiger partial charge is 0.497 e. The van der Waals surface area contributed by atoms with Gasteiger partial charge < -0.3 is 15.8 Å². The summed E-state index contributed by atoms with van der Waals surface area (Å²) in [5, 5.41) is 3.44. The molecule has 3 heteroatoms. The van der Waals surface area contributed by atoms with Crippen LogP contribution >= 0.6 is 0 Å². The van der Waals surface area contributed by atoms with Crippen LogP contribution in [0.5, 0.6) is 5.75 Å². The second-order valence-electron chi connectivity index (χ2n) is 4.57. The van der Waals surface area contributed by atoms with Gasteiger partial charge in [-0.15, -0.1) is 0 Å². The summed E-state index contributed by atoms with van der Waals surface area (Å²) >= 11 is 0. The summed E-state index contributed by atoms with van der Waals surface area (Å²) in [5.41, 5.74) is 9.35. The van der Waals surface area contributed by atoms with E-state index in [9.17, 15) is 0 Å². The summed E-state index contributed by atoms with van der Waals surface area (Å²) in [6, 6.07) is 16.4. The minimum Gasteiger partial charge on any atom is -0.497 e. The van der Waals surface area contributed by atoms with Crippen molar-refractivity contribution in [3.8, 4) is 5.75 Å². The average molecular weight is 256 g/mol. The monoisotopic (exact) mass is 256 g/mol. The fourth-order valence-electron chi connectivity index (χ4n) is 1.97. The molecule has 0 radical (unpaired) electrons. The van der Waals surface area contributed by atoms with Gasteiger partial charge in [0.05, 0.1) is 13.2 Å². The SMILES string of the molecule is COc1ccc(NC(CN)c2ccc(C)cc2)cc1. The minimum atomic E-state index is 0.119. The highest BCUT2D eigenvalue weighted by molar-refractivity contribution is 5.48. The number of hydrogen-bond acceptors (Lipinski definition) is 3. The predicted molar refractivity (Wildman–Crippen MR) is 79.6 cm³/mol. The topological polar surface area (TPSA) is 47.3 Å². The molecule has 0 aliphatic rings. The Bertz CT molecular complexity index is 505. The van der Waals surface area contributed by atoms with Crippen molar-refractivity contribution >= 4 is 5.69 Å². The van der Waals surface area contributed by atoms with Crippen LogP contribution in [0, 0.1) is 6.92 Å². The maximum absolute atomic E-state index is 5.86. The molecule has 2 aromatic rings. The standard InChI is InChI=1S/C16H20N2O/c1-12-3-5-13(6-4-12)16(11-17)18-14-7-9-15(19-2)10-8-14/h3-10,16,18H,11,17H2,1-2H3. The molecule has 0 aliphatic carbocycles. The smallest absolute Gasteiger partial charge is 0.119 e. The first-order valence-corrected chi connectivity index (χ1v) is 6.40. The molecule has 0 saturated carbocycles. The molecule has 2 rings (SSSR count). The van der Waals surface area contributed by atoms with Crippen LogP contribution < -0.4 is 15.8 Å². The van der Waals surface area contributed by atoms with Crippen LogP contribution in [-0.4, -0.2) is 13.7 Å². The van der Waals surface area contributed by atoms with E-state index in [1.54, 1.807) is 7.11 Å². The number of anilines is 1. The molecular formula is C16H20N2O. The van der Waals surface area contributed by atoms with Gasteiger partial charge in [0.25, 0.3) is 0 Å². The van der Waals surface area contributed by atoms with E-state index in [1.165, 1.54) is 11.1 Å². The van der Waals surface area contributed by atoms with Crippen molar-refractivity contribution in [3.63, 3.8) is 0 Å². The lowest BCUT2D eigenvalue weighted by atomic mass is 10.0. The summed E-state index contributed by atoms with van der Waals surface area (Å²) in [6.45, 7) is 2.63. The molecule has 0 spiro atoms. The highest BCUT2D eigenvalue weighted by Gasteiger charge is 2.09. The zero-order valence-corrected chi connectivity index (χ0v) is 11.4. The molecule has 0 bridgehead atoms. The number of rotatable bonds is 5. The number of nitrogens with two attached hydrogens (primary N) is 1.